The highest BCUT2D eigenvalue weighted by Crippen LogP contribution is 2.29. The van der Waals surface area contributed by atoms with Crippen LogP contribution in [0.25, 0.3) is 11.3 Å². The molecule has 4 aromatic rings. The number of sulfonamides is 1. The first-order valence-electron chi connectivity index (χ1n) is 10.8. The number of hydrogen-bond donors (Lipinski definition) is 4. The van der Waals surface area contributed by atoms with E-state index in [9.17, 15) is 18.0 Å². The third-order valence-corrected chi connectivity index (χ3v) is 6.92. The molecule has 0 aliphatic rings. The van der Waals surface area contributed by atoms with Gasteiger partial charge in [0.2, 0.25) is 0 Å². The predicted molar refractivity (Wildman–Crippen MR) is 138 cm³/mol. The number of halogens is 1. The molecule has 4 rings (SSSR count). The summed E-state index contributed by atoms with van der Waals surface area (Å²) < 4.78 is 27.9. The molecular formula is C25H20ClN5O5S. The molecule has 0 unspecified atom stereocenters. The summed E-state index contributed by atoms with van der Waals surface area (Å²) in [5.41, 5.74) is 3.72. The van der Waals surface area contributed by atoms with E-state index in [0.717, 1.165) is 6.07 Å². The summed E-state index contributed by atoms with van der Waals surface area (Å²) in [4.78, 5) is 32.8. The number of hydrogen-bond acceptors (Lipinski definition) is 7. The Kier molecular flexibility index (Phi) is 7.48. The number of carbonyl (C=O) groups is 2. The first-order chi connectivity index (χ1) is 17.7. The molecule has 0 saturated heterocycles. The topological polar surface area (TPSA) is 150 Å². The van der Waals surface area contributed by atoms with Crippen LogP contribution in [0.3, 0.4) is 0 Å². The third-order valence-electron chi connectivity index (χ3n) is 5.24. The van der Waals surface area contributed by atoms with Crippen LogP contribution in [0.4, 0.5) is 11.5 Å². The summed E-state index contributed by atoms with van der Waals surface area (Å²) >= 11 is 6.31. The van der Waals surface area contributed by atoms with Gasteiger partial charge in [-0.15, -0.1) is 0 Å². The summed E-state index contributed by atoms with van der Waals surface area (Å²) in [6.45, 7) is 1.57. The van der Waals surface area contributed by atoms with Gasteiger partial charge in [0.25, 0.3) is 21.8 Å². The number of aromatic nitrogens is 2. The van der Waals surface area contributed by atoms with E-state index < -0.39 is 21.8 Å². The molecule has 4 N–H and O–H groups in total. The van der Waals surface area contributed by atoms with Gasteiger partial charge in [-0.05, 0) is 67.6 Å². The van der Waals surface area contributed by atoms with Crippen LogP contribution in [-0.4, -0.2) is 35.4 Å². The molecule has 0 aliphatic heterocycles. The second-order valence-electron chi connectivity index (χ2n) is 7.77. The lowest BCUT2D eigenvalue weighted by Crippen LogP contribution is -2.20. The van der Waals surface area contributed by atoms with Crippen LogP contribution in [0.1, 0.15) is 26.4 Å². The van der Waals surface area contributed by atoms with Gasteiger partial charge in [0.05, 0.1) is 26.9 Å². The van der Waals surface area contributed by atoms with E-state index in [1.165, 1.54) is 35.8 Å². The van der Waals surface area contributed by atoms with E-state index in [1.807, 2.05) is 6.07 Å². The Morgan fingerprint density at radius 3 is 2.46 bits per heavy atom. The molecule has 0 saturated carbocycles. The Morgan fingerprint density at radius 2 is 1.76 bits per heavy atom. The molecule has 0 spiro atoms. The maximum atomic E-state index is 12.9. The van der Waals surface area contributed by atoms with Crippen LogP contribution < -0.4 is 15.5 Å². The minimum Gasteiger partial charge on any atom is -0.322 e. The molecule has 0 radical (unpaired) electrons. The van der Waals surface area contributed by atoms with Crippen molar-refractivity contribution in [2.45, 2.75) is 11.8 Å². The molecule has 2 heterocycles. The maximum absolute atomic E-state index is 12.9. The average Bonchev–Trinajstić information content (AvgIpc) is 2.89. The number of carbonyl (C=O) groups excluding carboxylic acids is 2. The number of rotatable bonds is 7. The number of anilines is 2. The van der Waals surface area contributed by atoms with Crippen molar-refractivity contribution in [3.8, 4) is 11.3 Å². The Hall–Kier alpha value is -4.32. The van der Waals surface area contributed by atoms with Crippen LogP contribution in [-0.2, 0) is 10.0 Å². The van der Waals surface area contributed by atoms with Gasteiger partial charge in [0.1, 0.15) is 5.82 Å². The summed E-state index contributed by atoms with van der Waals surface area (Å²) in [6, 6.07) is 18.3. The highest BCUT2D eigenvalue weighted by atomic mass is 35.5. The largest absolute Gasteiger partial charge is 0.322 e. The van der Waals surface area contributed by atoms with Crippen LogP contribution in [0, 0.1) is 6.92 Å². The molecule has 37 heavy (non-hydrogen) atoms. The molecule has 12 heteroatoms. The minimum absolute atomic E-state index is 0.0185. The van der Waals surface area contributed by atoms with E-state index in [0.29, 0.717) is 22.0 Å². The summed E-state index contributed by atoms with van der Waals surface area (Å²) in [7, 11) is -4.10. The first-order valence-corrected chi connectivity index (χ1v) is 12.6. The number of nitrogens with zero attached hydrogens (tertiary/aromatic N) is 2. The fourth-order valence-electron chi connectivity index (χ4n) is 3.44. The number of aryl methyl sites for hydroxylation is 1. The second-order valence-corrected chi connectivity index (χ2v) is 9.86. The predicted octanol–water partition coefficient (Wildman–Crippen LogP) is 4.28. The molecule has 2 aromatic heterocycles. The summed E-state index contributed by atoms with van der Waals surface area (Å²) in [6.07, 6.45) is 1.64. The Labute approximate surface area is 217 Å². The molecule has 10 nitrogen and oxygen atoms in total. The Morgan fingerprint density at radius 1 is 0.946 bits per heavy atom. The van der Waals surface area contributed by atoms with Crippen molar-refractivity contribution in [1.82, 2.24) is 15.4 Å². The van der Waals surface area contributed by atoms with Crippen LogP contribution >= 0.6 is 11.6 Å². The quantitative estimate of drug-likeness (QED) is 0.203. The van der Waals surface area contributed by atoms with Crippen molar-refractivity contribution in [1.29, 1.82) is 0 Å². The SMILES string of the molecule is Cc1nc(NS(=O)(=O)c2cccc(C(=O)NO)c2)ccc1C(=O)Nc1ccc(Cl)c(-c2ccccn2)c1. The van der Waals surface area contributed by atoms with E-state index in [4.69, 9.17) is 16.8 Å². The lowest BCUT2D eigenvalue weighted by Gasteiger charge is -2.12. The number of nitrogens with one attached hydrogen (secondary N) is 3. The van der Waals surface area contributed by atoms with Crippen LogP contribution in [0.15, 0.2) is 83.9 Å². The van der Waals surface area contributed by atoms with Crippen molar-refractivity contribution >= 4 is 44.9 Å². The van der Waals surface area contributed by atoms with E-state index >= 15 is 0 Å². The maximum Gasteiger partial charge on any atom is 0.274 e. The summed E-state index contributed by atoms with van der Waals surface area (Å²) in [5, 5.41) is 12.0. The van der Waals surface area contributed by atoms with Crippen molar-refractivity contribution in [3.63, 3.8) is 0 Å². The normalized spacial score (nSPS) is 11.0. The fourth-order valence-corrected chi connectivity index (χ4v) is 4.70. The zero-order valence-corrected chi connectivity index (χ0v) is 20.8. The summed E-state index contributed by atoms with van der Waals surface area (Å²) in [5.74, 6) is -1.32. The molecular weight excluding hydrogens is 518 g/mol. The molecule has 0 atom stereocenters. The molecule has 2 aromatic carbocycles. The van der Waals surface area contributed by atoms with Gasteiger partial charge in [-0.25, -0.2) is 18.9 Å². The van der Waals surface area contributed by atoms with Crippen LogP contribution in [0.5, 0.6) is 0 Å². The Balaban J connectivity index is 1.52. The van der Waals surface area contributed by atoms with Crippen molar-refractivity contribution in [3.05, 3.63) is 101 Å². The molecule has 0 fully saturated rings. The standard InChI is InChI=1S/C25H20ClN5O5S/c1-15-19(25(33)29-17-8-10-21(26)20(14-17)22-7-2-3-12-27-22)9-11-23(28-15)31-37(35,36)18-6-4-5-16(13-18)24(32)30-34/h2-14,34H,1H3,(H,28,31)(H,29,33)(H,30,32). The van der Waals surface area contributed by atoms with Gasteiger partial charge in [-0.2, -0.15) is 0 Å². The van der Waals surface area contributed by atoms with Crippen LogP contribution in [0.2, 0.25) is 5.02 Å². The van der Waals surface area contributed by atoms with E-state index in [2.05, 4.69) is 20.0 Å². The molecule has 0 bridgehead atoms. The molecule has 0 aliphatic carbocycles. The molecule has 2 amide bonds. The number of amides is 2. The third kappa shape index (κ3) is 5.92. The highest BCUT2D eigenvalue weighted by Gasteiger charge is 2.19. The second kappa shape index (κ2) is 10.7. The van der Waals surface area contributed by atoms with Gasteiger partial charge in [-0.1, -0.05) is 23.7 Å². The first kappa shape index (κ1) is 25.8. The number of pyridine rings is 2. The average molecular weight is 538 g/mol. The monoisotopic (exact) mass is 537 g/mol. The van der Waals surface area contributed by atoms with E-state index in [1.54, 1.807) is 43.5 Å². The lowest BCUT2D eigenvalue weighted by atomic mass is 10.1. The van der Waals surface area contributed by atoms with E-state index in [-0.39, 0.29) is 27.5 Å². The fraction of sp³-hybridized carbons (Fsp3) is 0.0400. The van der Waals surface area contributed by atoms with Gasteiger partial charge >= 0.3 is 0 Å². The van der Waals surface area contributed by atoms with Gasteiger partial charge in [-0.3, -0.25) is 24.5 Å². The van der Waals surface area contributed by atoms with Gasteiger partial charge in [0.15, 0.2) is 0 Å². The van der Waals surface area contributed by atoms with Gasteiger partial charge in [0, 0.05) is 23.0 Å². The minimum atomic E-state index is -4.10. The smallest absolute Gasteiger partial charge is 0.274 e. The molecule has 188 valence electrons. The Bertz CT molecular complexity index is 1600. The van der Waals surface area contributed by atoms with Crippen molar-refractivity contribution in [2.75, 3.05) is 10.0 Å². The lowest BCUT2D eigenvalue weighted by molar-refractivity contribution is 0.0706. The van der Waals surface area contributed by atoms with Crippen molar-refractivity contribution < 1.29 is 23.2 Å². The number of hydroxylamine groups is 1. The zero-order chi connectivity index (χ0) is 26.6. The zero-order valence-electron chi connectivity index (χ0n) is 19.3. The van der Waals surface area contributed by atoms with Gasteiger partial charge < -0.3 is 5.32 Å². The van der Waals surface area contributed by atoms with Crippen molar-refractivity contribution in [2.24, 2.45) is 0 Å². The number of benzene rings is 2. The highest BCUT2D eigenvalue weighted by molar-refractivity contribution is 7.92.